The van der Waals surface area contributed by atoms with E-state index in [9.17, 15) is 0 Å². The van der Waals surface area contributed by atoms with Crippen LogP contribution in [0, 0.1) is 0 Å². The molecule has 0 saturated carbocycles. The summed E-state index contributed by atoms with van der Waals surface area (Å²) in [6, 6.07) is 8.49. The first-order valence-electron chi connectivity index (χ1n) is 11.2. The van der Waals surface area contributed by atoms with Crippen molar-refractivity contribution in [3.63, 3.8) is 0 Å². The summed E-state index contributed by atoms with van der Waals surface area (Å²) < 4.78 is 22.1. The topological polar surface area (TPSA) is 36.9 Å². The molecule has 0 atom stereocenters. The second kappa shape index (κ2) is 18.0. The molecule has 1 aromatic carbocycles. The predicted molar refractivity (Wildman–Crippen MR) is 116 cm³/mol. The number of hydrogen-bond donors (Lipinski definition) is 0. The van der Waals surface area contributed by atoms with Crippen molar-refractivity contribution in [2.75, 3.05) is 39.6 Å². The quantitative estimate of drug-likeness (QED) is 0.277. The number of rotatable bonds is 19. The van der Waals surface area contributed by atoms with Crippen molar-refractivity contribution in [3.05, 3.63) is 29.8 Å². The van der Waals surface area contributed by atoms with Crippen LogP contribution in [0.15, 0.2) is 24.3 Å². The third kappa shape index (κ3) is 14.9. The van der Waals surface area contributed by atoms with Crippen LogP contribution in [0.1, 0.15) is 71.3 Å². The van der Waals surface area contributed by atoms with Crippen molar-refractivity contribution in [3.8, 4) is 5.75 Å². The van der Waals surface area contributed by atoms with Crippen molar-refractivity contribution in [1.29, 1.82) is 0 Å². The molecule has 0 unspecified atom stereocenters. The zero-order chi connectivity index (χ0) is 20.3. The van der Waals surface area contributed by atoms with Crippen LogP contribution in [0.5, 0.6) is 5.75 Å². The van der Waals surface area contributed by atoms with E-state index in [1.807, 2.05) is 13.8 Å². The molecule has 4 heteroatoms. The number of ether oxygens (including phenoxy) is 4. The van der Waals surface area contributed by atoms with E-state index in [1.54, 1.807) is 0 Å². The van der Waals surface area contributed by atoms with E-state index in [4.69, 9.17) is 18.9 Å². The molecule has 0 spiro atoms. The molecule has 0 aliphatic rings. The van der Waals surface area contributed by atoms with Gasteiger partial charge in [0.2, 0.25) is 0 Å². The first kappa shape index (κ1) is 24.9. The molecule has 0 N–H and O–H groups in total. The number of unbranched alkanes of at least 4 members (excludes halogenated alkanes) is 6. The number of benzene rings is 1. The van der Waals surface area contributed by atoms with Gasteiger partial charge in [-0.3, -0.25) is 0 Å². The highest BCUT2D eigenvalue weighted by molar-refractivity contribution is 5.27. The Hall–Kier alpha value is -1.10. The Bertz CT molecular complexity index is 444. The van der Waals surface area contributed by atoms with Gasteiger partial charge in [0.1, 0.15) is 12.4 Å². The maximum Gasteiger partial charge on any atom is 0.119 e. The summed E-state index contributed by atoms with van der Waals surface area (Å²) in [6.07, 6.45) is 10.9. The van der Waals surface area contributed by atoms with Crippen LogP contribution in [0.4, 0.5) is 0 Å². The Morgan fingerprint density at radius 1 is 0.679 bits per heavy atom. The smallest absolute Gasteiger partial charge is 0.119 e. The molecule has 0 bridgehead atoms. The minimum atomic E-state index is 0.256. The van der Waals surface area contributed by atoms with Gasteiger partial charge in [0.15, 0.2) is 0 Å². The SMILES string of the molecule is CCCCCCCCCc1ccc(OCCOCCOCCOC(C)C)cc1. The van der Waals surface area contributed by atoms with Crippen molar-refractivity contribution in [2.24, 2.45) is 0 Å². The van der Waals surface area contributed by atoms with Gasteiger partial charge in [-0.2, -0.15) is 0 Å². The zero-order valence-corrected chi connectivity index (χ0v) is 18.4. The molecule has 0 heterocycles. The minimum absolute atomic E-state index is 0.256. The summed E-state index contributed by atoms with van der Waals surface area (Å²) in [5, 5.41) is 0. The Kier molecular flexibility index (Phi) is 16.0. The van der Waals surface area contributed by atoms with Gasteiger partial charge >= 0.3 is 0 Å². The number of hydrogen-bond acceptors (Lipinski definition) is 4. The second-order valence-corrected chi connectivity index (χ2v) is 7.51. The highest BCUT2D eigenvalue weighted by Gasteiger charge is 1.98. The lowest BCUT2D eigenvalue weighted by molar-refractivity contribution is -0.00466. The van der Waals surface area contributed by atoms with Crippen LogP contribution in [-0.2, 0) is 20.6 Å². The Morgan fingerprint density at radius 3 is 1.89 bits per heavy atom. The van der Waals surface area contributed by atoms with E-state index < -0.39 is 0 Å². The van der Waals surface area contributed by atoms with Crippen molar-refractivity contribution < 1.29 is 18.9 Å². The molecular weight excluding hydrogens is 352 g/mol. The van der Waals surface area contributed by atoms with Gasteiger partial charge < -0.3 is 18.9 Å². The first-order valence-corrected chi connectivity index (χ1v) is 11.2. The van der Waals surface area contributed by atoms with Crippen molar-refractivity contribution in [2.45, 2.75) is 78.2 Å². The van der Waals surface area contributed by atoms with Crippen LogP contribution in [0.25, 0.3) is 0 Å². The zero-order valence-electron chi connectivity index (χ0n) is 18.4. The van der Waals surface area contributed by atoms with Gasteiger partial charge in [0.25, 0.3) is 0 Å². The molecule has 0 aromatic heterocycles. The van der Waals surface area contributed by atoms with Crippen LogP contribution in [0.3, 0.4) is 0 Å². The molecule has 0 aliphatic carbocycles. The van der Waals surface area contributed by atoms with Gasteiger partial charge in [-0.25, -0.2) is 0 Å². The summed E-state index contributed by atoms with van der Waals surface area (Å²) >= 11 is 0. The average molecular weight is 395 g/mol. The van der Waals surface area contributed by atoms with Crippen molar-refractivity contribution in [1.82, 2.24) is 0 Å². The van der Waals surface area contributed by atoms with Gasteiger partial charge in [0, 0.05) is 0 Å². The maximum atomic E-state index is 5.73. The van der Waals surface area contributed by atoms with Gasteiger partial charge in [0.05, 0.1) is 39.1 Å². The van der Waals surface area contributed by atoms with Crippen LogP contribution < -0.4 is 4.74 Å². The lowest BCUT2D eigenvalue weighted by Crippen LogP contribution is -2.14. The average Bonchev–Trinajstić information content (AvgIpc) is 2.69. The number of aryl methyl sites for hydroxylation is 1. The lowest BCUT2D eigenvalue weighted by Gasteiger charge is -2.09. The normalized spacial score (nSPS) is 11.3. The molecule has 162 valence electrons. The van der Waals surface area contributed by atoms with Crippen LogP contribution in [0.2, 0.25) is 0 Å². The van der Waals surface area contributed by atoms with Gasteiger partial charge in [-0.15, -0.1) is 0 Å². The van der Waals surface area contributed by atoms with Gasteiger partial charge in [-0.05, 0) is 44.4 Å². The van der Waals surface area contributed by atoms with E-state index >= 15 is 0 Å². The first-order chi connectivity index (χ1) is 13.7. The fourth-order valence-electron chi connectivity index (χ4n) is 2.92. The standard InChI is InChI=1S/C24H42O4/c1-4-5-6-7-8-9-10-11-23-12-14-24(15-13-23)28-21-19-26-17-16-25-18-20-27-22(2)3/h12-15,22H,4-11,16-21H2,1-3H3. The highest BCUT2D eigenvalue weighted by atomic mass is 16.6. The van der Waals surface area contributed by atoms with E-state index in [0.717, 1.165) is 5.75 Å². The van der Waals surface area contributed by atoms with Crippen LogP contribution in [-0.4, -0.2) is 45.7 Å². The fraction of sp³-hybridized carbons (Fsp3) is 0.750. The molecule has 1 aromatic rings. The maximum absolute atomic E-state index is 5.73. The monoisotopic (exact) mass is 394 g/mol. The third-order valence-electron chi connectivity index (χ3n) is 4.54. The minimum Gasteiger partial charge on any atom is -0.491 e. The van der Waals surface area contributed by atoms with E-state index in [2.05, 4.69) is 31.2 Å². The molecule has 0 aliphatic heterocycles. The summed E-state index contributed by atoms with van der Waals surface area (Å²) in [5.74, 6) is 0.911. The Labute approximate surface area is 172 Å². The van der Waals surface area contributed by atoms with E-state index in [0.29, 0.717) is 39.6 Å². The molecule has 0 saturated heterocycles. The fourth-order valence-corrected chi connectivity index (χ4v) is 2.92. The largest absolute Gasteiger partial charge is 0.491 e. The summed E-state index contributed by atoms with van der Waals surface area (Å²) in [5.41, 5.74) is 1.40. The third-order valence-corrected chi connectivity index (χ3v) is 4.54. The van der Waals surface area contributed by atoms with Crippen LogP contribution >= 0.6 is 0 Å². The summed E-state index contributed by atoms with van der Waals surface area (Å²) in [7, 11) is 0. The summed E-state index contributed by atoms with van der Waals surface area (Å²) in [6.45, 7) is 9.87. The van der Waals surface area contributed by atoms with E-state index in [-0.39, 0.29) is 6.10 Å². The molecule has 28 heavy (non-hydrogen) atoms. The van der Waals surface area contributed by atoms with E-state index in [1.165, 1.54) is 56.9 Å². The summed E-state index contributed by atoms with van der Waals surface area (Å²) in [4.78, 5) is 0. The second-order valence-electron chi connectivity index (χ2n) is 7.51. The molecule has 0 radical (unpaired) electrons. The molecule has 0 fully saturated rings. The Morgan fingerprint density at radius 2 is 1.25 bits per heavy atom. The Balaban J connectivity index is 1.94. The molecular formula is C24H42O4. The van der Waals surface area contributed by atoms with Gasteiger partial charge in [-0.1, -0.05) is 57.6 Å². The predicted octanol–water partition coefficient (Wildman–Crippen LogP) is 5.82. The molecule has 1 rings (SSSR count). The highest BCUT2D eigenvalue weighted by Crippen LogP contribution is 2.15. The molecule has 4 nitrogen and oxygen atoms in total. The lowest BCUT2D eigenvalue weighted by atomic mass is 10.0. The van der Waals surface area contributed by atoms with Crippen molar-refractivity contribution >= 4 is 0 Å². The molecule has 0 amide bonds.